The van der Waals surface area contributed by atoms with Crippen LogP contribution in [0.1, 0.15) is 22.6 Å². The number of nitrogens with zero attached hydrogens (tertiary/aromatic N) is 1. The van der Waals surface area contributed by atoms with Gasteiger partial charge in [0.05, 0.1) is 5.88 Å². The van der Waals surface area contributed by atoms with E-state index in [9.17, 15) is 8.42 Å². The van der Waals surface area contributed by atoms with Gasteiger partial charge in [-0.3, -0.25) is 0 Å². The van der Waals surface area contributed by atoms with Crippen molar-refractivity contribution in [2.24, 2.45) is 0 Å². The van der Waals surface area contributed by atoms with E-state index in [1.165, 1.54) is 10.4 Å². The van der Waals surface area contributed by atoms with E-state index in [1.54, 1.807) is 6.92 Å². The molecule has 0 fully saturated rings. The van der Waals surface area contributed by atoms with Gasteiger partial charge in [0.2, 0.25) is 10.0 Å². The highest BCUT2D eigenvalue weighted by Crippen LogP contribution is 2.31. The minimum Gasteiger partial charge on any atom is -0.464 e. The number of sulfonamides is 1. The van der Waals surface area contributed by atoms with Gasteiger partial charge in [0, 0.05) is 19.2 Å². The lowest BCUT2D eigenvalue weighted by atomic mass is 10.1. The number of hydrogen-bond donors (Lipinski definition) is 0. The Kier molecular flexibility index (Phi) is 3.36. The number of fused-ring (bicyclic) bond motifs is 1. The van der Waals surface area contributed by atoms with Crippen LogP contribution in [0, 0.1) is 6.92 Å². The van der Waals surface area contributed by atoms with Crippen molar-refractivity contribution in [3.05, 3.63) is 53.0 Å². The third-order valence-corrected chi connectivity index (χ3v) is 5.65. The molecule has 1 aromatic carbocycles. The van der Waals surface area contributed by atoms with Gasteiger partial charge >= 0.3 is 0 Å². The summed E-state index contributed by atoms with van der Waals surface area (Å²) in [4.78, 5) is 0.209. The number of alkyl halides is 1. The Hall–Kier alpha value is -1.30. The van der Waals surface area contributed by atoms with Crippen molar-refractivity contribution >= 4 is 21.6 Å². The first-order valence-electron chi connectivity index (χ1n) is 6.24. The first-order chi connectivity index (χ1) is 9.52. The molecule has 0 saturated heterocycles. The fourth-order valence-electron chi connectivity index (χ4n) is 2.46. The van der Waals surface area contributed by atoms with Gasteiger partial charge in [-0.2, -0.15) is 4.31 Å². The van der Waals surface area contributed by atoms with Crippen LogP contribution in [-0.4, -0.2) is 12.7 Å². The van der Waals surface area contributed by atoms with Gasteiger partial charge in [0.15, 0.2) is 0 Å². The lowest BCUT2D eigenvalue weighted by Gasteiger charge is -2.14. The highest BCUT2D eigenvalue weighted by molar-refractivity contribution is 7.89. The molecule has 6 heteroatoms. The van der Waals surface area contributed by atoms with Crippen LogP contribution in [0.4, 0.5) is 0 Å². The van der Waals surface area contributed by atoms with Crippen LogP contribution in [-0.2, 0) is 29.0 Å². The Balaban J connectivity index is 1.96. The number of furan rings is 1. The minimum atomic E-state index is -3.55. The molecule has 106 valence electrons. The van der Waals surface area contributed by atoms with E-state index in [0.29, 0.717) is 24.6 Å². The van der Waals surface area contributed by atoms with Crippen molar-refractivity contribution in [1.82, 2.24) is 4.31 Å². The Morgan fingerprint density at radius 2 is 1.85 bits per heavy atom. The van der Waals surface area contributed by atoms with Gasteiger partial charge < -0.3 is 4.42 Å². The van der Waals surface area contributed by atoms with Crippen LogP contribution in [0.2, 0.25) is 0 Å². The second-order valence-electron chi connectivity index (χ2n) is 4.81. The van der Waals surface area contributed by atoms with Crippen molar-refractivity contribution in [1.29, 1.82) is 0 Å². The Labute approximate surface area is 123 Å². The van der Waals surface area contributed by atoms with Crippen molar-refractivity contribution in [3.8, 4) is 0 Å². The smallest absolute Gasteiger partial charge is 0.247 e. The van der Waals surface area contributed by atoms with E-state index >= 15 is 0 Å². The average molecular weight is 312 g/mol. The Bertz CT molecular complexity index is 727. The molecule has 0 spiro atoms. The van der Waals surface area contributed by atoms with Gasteiger partial charge in [-0.1, -0.05) is 24.3 Å². The highest BCUT2D eigenvalue weighted by Gasteiger charge is 2.33. The van der Waals surface area contributed by atoms with E-state index in [2.05, 4.69) is 0 Å². The summed E-state index contributed by atoms with van der Waals surface area (Å²) in [6.07, 6.45) is 0. The number of rotatable bonds is 3. The molecule has 0 amide bonds. The van der Waals surface area contributed by atoms with Crippen molar-refractivity contribution in [2.75, 3.05) is 0 Å². The predicted molar refractivity (Wildman–Crippen MR) is 75.9 cm³/mol. The molecule has 2 aromatic rings. The van der Waals surface area contributed by atoms with Gasteiger partial charge in [-0.05, 0) is 18.1 Å². The van der Waals surface area contributed by atoms with E-state index in [1.807, 2.05) is 24.3 Å². The third-order valence-electron chi connectivity index (χ3n) is 3.48. The van der Waals surface area contributed by atoms with E-state index < -0.39 is 10.0 Å². The van der Waals surface area contributed by atoms with Gasteiger partial charge in [-0.25, -0.2) is 8.42 Å². The highest BCUT2D eigenvalue weighted by atomic mass is 35.5. The summed E-state index contributed by atoms with van der Waals surface area (Å²) in [5, 5.41) is 0. The van der Waals surface area contributed by atoms with Crippen LogP contribution < -0.4 is 0 Å². The largest absolute Gasteiger partial charge is 0.464 e. The van der Waals surface area contributed by atoms with Crippen molar-refractivity contribution < 1.29 is 12.8 Å². The second kappa shape index (κ2) is 4.91. The van der Waals surface area contributed by atoms with Crippen LogP contribution >= 0.6 is 11.6 Å². The lowest BCUT2D eigenvalue weighted by molar-refractivity contribution is 0.428. The zero-order chi connectivity index (χ0) is 14.3. The molecule has 3 rings (SSSR count). The molecule has 0 atom stereocenters. The van der Waals surface area contributed by atoms with Gasteiger partial charge in [0.1, 0.15) is 16.4 Å². The molecule has 2 heterocycles. The van der Waals surface area contributed by atoms with Crippen LogP contribution in [0.15, 0.2) is 39.6 Å². The number of halogens is 1. The number of benzene rings is 1. The molecule has 0 unspecified atom stereocenters. The van der Waals surface area contributed by atoms with Crippen LogP contribution in [0.5, 0.6) is 0 Å². The van der Waals surface area contributed by atoms with Crippen molar-refractivity contribution in [3.63, 3.8) is 0 Å². The maximum Gasteiger partial charge on any atom is 0.247 e. The molecule has 1 aliphatic rings. The summed E-state index contributed by atoms with van der Waals surface area (Å²) in [6, 6.07) is 9.27. The molecule has 0 bridgehead atoms. The standard InChI is InChI=1S/C14H14ClNO3S/c1-10-14(6-13(7-15)19-10)20(17,18)16-8-11-4-2-3-5-12(11)9-16/h2-6H,7-9H2,1H3. The predicted octanol–water partition coefficient (Wildman–Crippen LogP) is 3.03. The third kappa shape index (κ3) is 2.16. The molecule has 1 aliphatic heterocycles. The topological polar surface area (TPSA) is 50.5 Å². The zero-order valence-electron chi connectivity index (χ0n) is 11.0. The maximum absolute atomic E-state index is 12.7. The molecule has 20 heavy (non-hydrogen) atoms. The maximum atomic E-state index is 12.7. The van der Waals surface area contributed by atoms with Gasteiger partial charge in [0.25, 0.3) is 0 Å². The minimum absolute atomic E-state index is 0.163. The van der Waals surface area contributed by atoms with Gasteiger partial charge in [-0.15, -0.1) is 11.6 Å². The molecule has 0 saturated carbocycles. The molecular weight excluding hydrogens is 298 g/mol. The van der Waals surface area contributed by atoms with Crippen LogP contribution in [0.25, 0.3) is 0 Å². The normalized spacial score (nSPS) is 15.5. The summed E-state index contributed by atoms with van der Waals surface area (Å²) in [6.45, 7) is 2.45. The number of aryl methyl sites for hydroxylation is 1. The molecule has 0 aliphatic carbocycles. The fourth-order valence-corrected chi connectivity index (χ4v) is 4.17. The summed E-state index contributed by atoms with van der Waals surface area (Å²) in [7, 11) is -3.55. The molecule has 0 radical (unpaired) electrons. The second-order valence-corrected chi connectivity index (χ2v) is 6.98. The van der Waals surface area contributed by atoms with E-state index in [0.717, 1.165) is 11.1 Å². The summed E-state index contributed by atoms with van der Waals surface area (Å²) < 4.78 is 32.2. The summed E-state index contributed by atoms with van der Waals surface area (Å²) in [5.74, 6) is 1.02. The summed E-state index contributed by atoms with van der Waals surface area (Å²) >= 11 is 5.69. The lowest BCUT2D eigenvalue weighted by Crippen LogP contribution is -2.25. The first-order valence-corrected chi connectivity index (χ1v) is 8.22. The SMILES string of the molecule is Cc1oc(CCl)cc1S(=O)(=O)N1Cc2ccccc2C1. The molecular formula is C14H14ClNO3S. The quantitative estimate of drug-likeness (QED) is 0.819. The molecule has 1 aromatic heterocycles. The monoisotopic (exact) mass is 311 g/mol. The van der Waals surface area contributed by atoms with E-state index in [4.69, 9.17) is 16.0 Å². The van der Waals surface area contributed by atoms with Crippen molar-refractivity contribution in [2.45, 2.75) is 30.8 Å². The number of hydrogen-bond acceptors (Lipinski definition) is 3. The zero-order valence-corrected chi connectivity index (χ0v) is 12.5. The fraction of sp³-hybridized carbons (Fsp3) is 0.286. The van der Waals surface area contributed by atoms with Crippen LogP contribution in [0.3, 0.4) is 0 Å². The first kappa shape index (κ1) is 13.7. The molecule has 0 N–H and O–H groups in total. The Morgan fingerprint density at radius 1 is 1.25 bits per heavy atom. The Morgan fingerprint density at radius 3 is 2.35 bits per heavy atom. The van der Waals surface area contributed by atoms with E-state index in [-0.39, 0.29) is 10.8 Å². The summed E-state index contributed by atoms with van der Waals surface area (Å²) in [5.41, 5.74) is 2.10. The molecule has 4 nitrogen and oxygen atoms in total. The average Bonchev–Trinajstić information content (AvgIpc) is 3.02.